The Bertz CT molecular complexity index is 1230. The summed E-state index contributed by atoms with van der Waals surface area (Å²) in [5.41, 5.74) is 12.2. The van der Waals surface area contributed by atoms with Crippen molar-refractivity contribution in [1.82, 2.24) is 14.9 Å². The smallest absolute Gasteiger partial charge is 0.394 e. The molecule has 10 nitrogen and oxygen atoms in total. The second-order valence-corrected chi connectivity index (χ2v) is 11.5. The summed E-state index contributed by atoms with van der Waals surface area (Å²) in [7, 11) is 1.45. The average Bonchev–Trinajstić information content (AvgIpc) is 3.41. The third kappa shape index (κ3) is 17.2. The van der Waals surface area contributed by atoms with Gasteiger partial charge in [-0.3, -0.25) is 4.90 Å². The van der Waals surface area contributed by atoms with E-state index < -0.39 is 36.7 Å². The van der Waals surface area contributed by atoms with Crippen LogP contribution in [0.3, 0.4) is 0 Å². The van der Waals surface area contributed by atoms with E-state index in [9.17, 15) is 13.2 Å². The number of benzene rings is 2. The van der Waals surface area contributed by atoms with Crippen LogP contribution >= 0.6 is 0 Å². The van der Waals surface area contributed by atoms with Crippen molar-refractivity contribution in [3.05, 3.63) is 65.0 Å². The molecule has 0 spiro atoms. The summed E-state index contributed by atoms with van der Waals surface area (Å²) in [6.45, 7) is 16.1. The molecule has 2 aromatic carbocycles. The summed E-state index contributed by atoms with van der Waals surface area (Å²) in [6, 6.07) is 15.4. The Morgan fingerprint density at radius 3 is 1.96 bits per heavy atom. The Hall–Kier alpha value is -2.62. The first-order valence-electron chi connectivity index (χ1n) is 16.4. The second-order valence-electron chi connectivity index (χ2n) is 11.5. The third-order valence-corrected chi connectivity index (χ3v) is 7.49. The predicted molar refractivity (Wildman–Crippen MR) is 185 cm³/mol. The first-order chi connectivity index (χ1) is 22.5. The monoisotopic (exact) mass is 688 g/mol. The van der Waals surface area contributed by atoms with Crippen molar-refractivity contribution in [2.45, 2.75) is 117 Å². The standard InChI is InChI=1S/C12H18N2.C11H14N2.C5H9F3O3.C5H12O3.C2H6/c13-12-6-8-14(9-7-12)10-11-4-2-1-3-5-11;1-4-9-6-11-10(5-7(9)2)12-8(3)13-11;1-2(9)3(10)4(11)5(6,7)8;1-4(7)5(3-6)8-2;1-2/h1-5,12H,6-10,13H2;5-6H,4H2,1-3H3,(H,12,13);2-4,9-11H,1H3;4-7H,3H2,1-2H3;1-2H3. The number of rotatable bonds is 8. The largest absolute Gasteiger partial charge is 0.417 e. The molecule has 1 fully saturated rings. The summed E-state index contributed by atoms with van der Waals surface area (Å²) in [4.78, 5) is 10.1. The Balaban J connectivity index is 0.000000615. The molecule has 1 aromatic heterocycles. The first kappa shape index (κ1) is 45.4. The van der Waals surface area contributed by atoms with Crippen LogP contribution in [0.5, 0.6) is 0 Å². The third-order valence-electron chi connectivity index (χ3n) is 7.49. The minimum absolute atomic E-state index is 0.131. The SMILES string of the molecule is CC.CC(O)C(O)C(O)C(F)(F)F.CCc1cc2nc(C)[nH]c2cc1C.COC(CO)C(C)O.NC1CCN(Cc2ccccc2)CC1. The number of nitrogens with one attached hydrogen (secondary N) is 1. The zero-order valence-corrected chi connectivity index (χ0v) is 29.7. The van der Waals surface area contributed by atoms with Crippen LogP contribution in [0.25, 0.3) is 11.0 Å². The lowest BCUT2D eigenvalue weighted by atomic mass is 10.1. The van der Waals surface area contributed by atoms with Crippen LogP contribution < -0.4 is 5.73 Å². The number of halogens is 3. The minimum Gasteiger partial charge on any atom is -0.394 e. The number of aliphatic hydroxyl groups excluding tert-OH is 5. The minimum atomic E-state index is -4.89. The van der Waals surface area contributed by atoms with Gasteiger partial charge < -0.3 is 41.0 Å². The average molecular weight is 689 g/mol. The van der Waals surface area contributed by atoms with Crippen LogP contribution in [0.4, 0.5) is 13.2 Å². The fourth-order valence-electron chi connectivity index (χ4n) is 4.55. The molecule has 3 aromatic rings. The van der Waals surface area contributed by atoms with Crippen molar-refractivity contribution in [2.24, 2.45) is 5.73 Å². The van der Waals surface area contributed by atoms with E-state index in [0.29, 0.717) is 6.04 Å². The number of aromatic nitrogens is 2. The lowest BCUT2D eigenvalue weighted by Crippen LogP contribution is -2.45. The number of aliphatic hydroxyl groups is 5. The van der Waals surface area contributed by atoms with Crippen molar-refractivity contribution < 1.29 is 43.4 Å². The number of ether oxygens (including phenoxy) is 1. The lowest BCUT2D eigenvalue weighted by Gasteiger charge is -2.29. The number of alkyl halides is 3. The van der Waals surface area contributed by atoms with Gasteiger partial charge in [-0.15, -0.1) is 0 Å². The molecule has 1 saturated heterocycles. The molecule has 0 amide bonds. The van der Waals surface area contributed by atoms with E-state index >= 15 is 0 Å². The molecule has 0 saturated carbocycles. The number of H-pyrrole nitrogens is 1. The summed E-state index contributed by atoms with van der Waals surface area (Å²) < 4.78 is 39.3. The van der Waals surface area contributed by atoms with Crippen molar-refractivity contribution >= 4 is 11.0 Å². The molecule has 4 rings (SSSR count). The first-order valence-corrected chi connectivity index (χ1v) is 16.4. The van der Waals surface area contributed by atoms with Crippen LogP contribution in [0, 0.1) is 13.8 Å². The summed E-state index contributed by atoms with van der Waals surface area (Å²) in [6.07, 6.45) is -9.23. The number of nitrogens with two attached hydrogens (primary N) is 1. The number of aromatic amines is 1. The van der Waals surface area contributed by atoms with Gasteiger partial charge in [-0.2, -0.15) is 13.2 Å². The summed E-state index contributed by atoms with van der Waals surface area (Å²) in [5, 5.41) is 42.4. The molecular formula is C35H59F3N4O6. The van der Waals surface area contributed by atoms with Gasteiger partial charge in [-0.25, -0.2) is 4.98 Å². The van der Waals surface area contributed by atoms with Crippen LogP contribution in [0.1, 0.15) is 70.0 Å². The molecule has 1 aliphatic rings. The molecule has 5 atom stereocenters. The number of piperidine rings is 1. The molecule has 48 heavy (non-hydrogen) atoms. The van der Waals surface area contributed by atoms with Crippen molar-refractivity contribution in [1.29, 1.82) is 0 Å². The zero-order chi connectivity index (χ0) is 37.0. The highest BCUT2D eigenvalue weighted by Crippen LogP contribution is 2.23. The number of nitrogens with zero attached hydrogens (tertiary/aromatic N) is 2. The van der Waals surface area contributed by atoms with Gasteiger partial charge in [0.1, 0.15) is 18.0 Å². The van der Waals surface area contributed by atoms with E-state index in [1.807, 2.05) is 20.8 Å². The lowest BCUT2D eigenvalue weighted by molar-refractivity contribution is -0.240. The Kier molecular flexibility index (Phi) is 22.4. The van der Waals surface area contributed by atoms with Crippen molar-refractivity contribution in [3.63, 3.8) is 0 Å². The molecule has 276 valence electrons. The Morgan fingerprint density at radius 1 is 1.00 bits per heavy atom. The van der Waals surface area contributed by atoms with Crippen molar-refractivity contribution in [3.8, 4) is 0 Å². The fourth-order valence-corrected chi connectivity index (χ4v) is 4.55. The summed E-state index contributed by atoms with van der Waals surface area (Å²) in [5.74, 6) is 0.989. The van der Waals surface area contributed by atoms with Crippen LogP contribution in [0.2, 0.25) is 0 Å². The molecule has 2 heterocycles. The molecule has 0 bridgehead atoms. The van der Waals surface area contributed by atoms with Crippen LogP contribution in [-0.2, 0) is 17.7 Å². The highest BCUT2D eigenvalue weighted by molar-refractivity contribution is 5.77. The van der Waals surface area contributed by atoms with E-state index in [1.165, 1.54) is 23.8 Å². The number of methoxy groups -OCH3 is 1. The molecular weight excluding hydrogens is 629 g/mol. The van der Waals surface area contributed by atoms with Gasteiger partial charge in [-0.1, -0.05) is 51.1 Å². The predicted octanol–water partition coefficient (Wildman–Crippen LogP) is 4.40. The molecule has 13 heteroatoms. The van der Waals surface area contributed by atoms with Gasteiger partial charge >= 0.3 is 6.18 Å². The number of hydrogen-bond donors (Lipinski definition) is 7. The van der Waals surface area contributed by atoms with E-state index in [-0.39, 0.29) is 6.61 Å². The number of fused-ring (bicyclic) bond motifs is 1. The van der Waals surface area contributed by atoms with E-state index in [0.717, 1.165) is 62.7 Å². The Morgan fingerprint density at radius 2 is 1.56 bits per heavy atom. The highest BCUT2D eigenvalue weighted by Gasteiger charge is 2.44. The van der Waals surface area contributed by atoms with Gasteiger partial charge in [0.05, 0.1) is 29.8 Å². The van der Waals surface area contributed by atoms with E-state index in [2.05, 4.69) is 75.9 Å². The molecule has 1 aliphatic heterocycles. The zero-order valence-electron chi connectivity index (χ0n) is 29.7. The van der Waals surface area contributed by atoms with Gasteiger partial charge in [0.25, 0.3) is 0 Å². The normalized spacial score (nSPS) is 16.7. The van der Waals surface area contributed by atoms with E-state index in [1.54, 1.807) is 6.92 Å². The molecule has 0 aliphatic carbocycles. The van der Waals surface area contributed by atoms with Crippen molar-refractivity contribution in [2.75, 3.05) is 26.8 Å². The molecule has 0 radical (unpaired) electrons. The number of likely N-dealkylation sites (tertiary alicyclic amines) is 1. The number of imidazole rings is 1. The van der Waals surface area contributed by atoms with Gasteiger partial charge in [0.2, 0.25) is 0 Å². The maximum Gasteiger partial charge on any atom is 0.417 e. The second kappa shape index (κ2) is 23.7. The van der Waals surface area contributed by atoms with Crippen LogP contribution in [0.15, 0.2) is 42.5 Å². The number of hydrogen-bond acceptors (Lipinski definition) is 9. The summed E-state index contributed by atoms with van der Waals surface area (Å²) >= 11 is 0. The van der Waals surface area contributed by atoms with Gasteiger partial charge in [-0.05, 0) is 88.9 Å². The maximum absolute atomic E-state index is 11.5. The van der Waals surface area contributed by atoms with Gasteiger partial charge in [0.15, 0.2) is 6.10 Å². The highest BCUT2D eigenvalue weighted by atomic mass is 19.4. The van der Waals surface area contributed by atoms with E-state index in [4.69, 9.17) is 31.3 Å². The topological polar surface area (TPSA) is 168 Å². The fraction of sp³-hybridized carbons (Fsp3) is 0.629. The quantitative estimate of drug-likeness (QED) is 0.181. The van der Waals surface area contributed by atoms with Crippen LogP contribution in [-0.4, -0.2) is 110 Å². The van der Waals surface area contributed by atoms with Gasteiger partial charge in [0, 0.05) is 19.7 Å². The molecule has 5 unspecified atom stereocenters. The maximum atomic E-state index is 11.5. The Labute approximate surface area is 283 Å². The molecule has 8 N–H and O–H groups in total. The number of aryl methyl sites for hydroxylation is 3.